The first-order chi connectivity index (χ1) is 10.1. The second-order valence-electron chi connectivity index (χ2n) is 5.93. The quantitative estimate of drug-likeness (QED) is 0.672. The Bertz CT molecular complexity index is 535. The molecule has 1 aromatic carbocycles. The summed E-state index contributed by atoms with van der Waals surface area (Å²) >= 11 is 0. The van der Waals surface area contributed by atoms with E-state index < -0.39 is 5.82 Å². The molecule has 114 valence electrons. The highest BCUT2D eigenvalue weighted by Crippen LogP contribution is 2.38. The van der Waals surface area contributed by atoms with Crippen LogP contribution in [0.2, 0.25) is 0 Å². The van der Waals surface area contributed by atoms with Crippen LogP contribution in [0.5, 0.6) is 0 Å². The molecule has 0 amide bonds. The van der Waals surface area contributed by atoms with E-state index >= 15 is 0 Å². The number of halogens is 1. The molecule has 4 nitrogen and oxygen atoms in total. The molecule has 2 aliphatic rings. The Hall–Kier alpha value is -1.46. The van der Waals surface area contributed by atoms with Crippen LogP contribution in [-0.2, 0) is 9.47 Å². The molecule has 1 aromatic rings. The molecule has 21 heavy (non-hydrogen) atoms. The molecule has 1 spiro atoms. The minimum atomic E-state index is -0.430. The van der Waals surface area contributed by atoms with Crippen molar-refractivity contribution in [1.82, 2.24) is 0 Å². The summed E-state index contributed by atoms with van der Waals surface area (Å²) in [5, 5.41) is 0. The molecule has 2 saturated heterocycles. The lowest BCUT2D eigenvalue weighted by Gasteiger charge is -2.43. The van der Waals surface area contributed by atoms with Gasteiger partial charge in [0.25, 0.3) is 0 Å². The maximum Gasteiger partial charge on any atom is 0.168 e. The van der Waals surface area contributed by atoms with Gasteiger partial charge in [-0.2, -0.15) is 0 Å². The second kappa shape index (κ2) is 5.73. The van der Waals surface area contributed by atoms with Crippen LogP contribution < -0.4 is 5.73 Å². The van der Waals surface area contributed by atoms with E-state index in [1.165, 1.54) is 18.2 Å². The van der Waals surface area contributed by atoms with Crippen LogP contribution in [0, 0.1) is 11.7 Å². The molecule has 0 aromatic heterocycles. The average Bonchev–Trinajstić information content (AvgIpc) is 2.50. The van der Waals surface area contributed by atoms with E-state index in [9.17, 15) is 9.18 Å². The third-order valence-electron chi connectivity index (χ3n) is 4.55. The molecule has 0 radical (unpaired) electrons. The fourth-order valence-electron chi connectivity index (χ4n) is 3.31. The monoisotopic (exact) mass is 293 g/mol. The number of carbonyl (C=O) groups excluding carboxylic acids is 1. The number of ketones is 1. The standard InChI is InChI=1S/C16H20FNO3/c17-12-1-2-14(18)13(9-12)15(19)11-3-6-21-16(10-11)4-7-20-8-5-16/h1-2,9,11H,3-8,10,18H2. The van der Waals surface area contributed by atoms with E-state index in [1.807, 2.05) is 0 Å². The zero-order chi connectivity index (χ0) is 14.9. The molecule has 0 bridgehead atoms. The summed E-state index contributed by atoms with van der Waals surface area (Å²) in [7, 11) is 0. The minimum absolute atomic E-state index is 0.0684. The highest BCUT2D eigenvalue weighted by molar-refractivity contribution is 6.02. The molecule has 1 unspecified atom stereocenters. The Kier molecular flexibility index (Phi) is 3.95. The fourth-order valence-corrected chi connectivity index (χ4v) is 3.31. The molecule has 2 N–H and O–H groups in total. The van der Waals surface area contributed by atoms with Crippen molar-refractivity contribution in [3.8, 4) is 0 Å². The van der Waals surface area contributed by atoms with E-state index in [0.717, 1.165) is 12.8 Å². The van der Waals surface area contributed by atoms with Crippen LogP contribution in [0.15, 0.2) is 18.2 Å². The van der Waals surface area contributed by atoms with Gasteiger partial charge in [0.2, 0.25) is 0 Å². The van der Waals surface area contributed by atoms with Gasteiger partial charge in [-0.25, -0.2) is 4.39 Å². The van der Waals surface area contributed by atoms with Gasteiger partial charge < -0.3 is 15.2 Å². The van der Waals surface area contributed by atoms with E-state index in [0.29, 0.717) is 43.9 Å². The third kappa shape index (κ3) is 2.94. The number of nitrogens with two attached hydrogens (primary N) is 1. The number of hydrogen-bond acceptors (Lipinski definition) is 4. The molecule has 0 aliphatic carbocycles. The molecule has 2 aliphatic heterocycles. The fraction of sp³-hybridized carbons (Fsp3) is 0.562. The topological polar surface area (TPSA) is 61.6 Å². The van der Waals surface area contributed by atoms with Crippen molar-refractivity contribution < 1.29 is 18.7 Å². The van der Waals surface area contributed by atoms with Gasteiger partial charge in [-0.3, -0.25) is 4.79 Å². The van der Waals surface area contributed by atoms with Crippen molar-refractivity contribution in [2.45, 2.75) is 31.3 Å². The second-order valence-corrected chi connectivity index (χ2v) is 5.93. The Balaban J connectivity index is 1.79. The van der Waals surface area contributed by atoms with E-state index in [-0.39, 0.29) is 17.3 Å². The number of carbonyl (C=O) groups is 1. The average molecular weight is 293 g/mol. The van der Waals surface area contributed by atoms with E-state index in [2.05, 4.69) is 0 Å². The van der Waals surface area contributed by atoms with Gasteiger partial charge in [-0.15, -0.1) is 0 Å². The van der Waals surface area contributed by atoms with E-state index in [1.54, 1.807) is 0 Å². The molecule has 2 heterocycles. The summed E-state index contributed by atoms with van der Waals surface area (Å²) < 4.78 is 24.7. The molecular weight excluding hydrogens is 273 g/mol. The highest BCUT2D eigenvalue weighted by Gasteiger charge is 2.41. The third-order valence-corrected chi connectivity index (χ3v) is 4.55. The summed E-state index contributed by atoms with van der Waals surface area (Å²) in [5.74, 6) is -0.650. The first kappa shape index (κ1) is 14.5. The maximum atomic E-state index is 13.4. The Morgan fingerprint density at radius 2 is 2.05 bits per heavy atom. The van der Waals surface area contributed by atoms with Gasteiger partial charge in [0, 0.05) is 37.0 Å². The van der Waals surface area contributed by atoms with E-state index in [4.69, 9.17) is 15.2 Å². The maximum absolute atomic E-state index is 13.4. The Morgan fingerprint density at radius 1 is 1.29 bits per heavy atom. The summed E-state index contributed by atoms with van der Waals surface area (Å²) in [6, 6.07) is 3.96. The summed E-state index contributed by atoms with van der Waals surface area (Å²) in [6.45, 7) is 1.90. The van der Waals surface area contributed by atoms with Crippen molar-refractivity contribution >= 4 is 11.5 Å². The normalized spacial score (nSPS) is 24.9. The first-order valence-corrected chi connectivity index (χ1v) is 7.41. The number of benzene rings is 1. The van der Waals surface area contributed by atoms with Crippen molar-refractivity contribution in [1.29, 1.82) is 0 Å². The van der Waals surface area contributed by atoms with Gasteiger partial charge >= 0.3 is 0 Å². The predicted molar refractivity (Wildman–Crippen MR) is 76.6 cm³/mol. The summed E-state index contributed by atoms with van der Waals surface area (Å²) in [6.07, 6.45) is 2.97. The molecule has 2 fully saturated rings. The van der Waals surface area contributed by atoms with Crippen LogP contribution in [0.25, 0.3) is 0 Å². The van der Waals surface area contributed by atoms with Crippen molar-refractivity contribution in [3.63, 3.8) is 0 Å². The summed E-state index contributed by atoms with van der Waals surface area (Å²) in [5.41, 5.74) is 6.21. The van der Waals surface area contributed by atoms with Crippen LogP contribution in [0.4, 0.5) is 10.1 Å². The first-order valence-electron chi connectivity index (χ1n) is 7.41. The van der Waals surface area contributed by atoms with Gasteiger partial charge in [-0.05, 0) is 43.9 Å². The highest BCUT2D eigenvalue weighted by atomic mass is 19.1. The summed E-state index contributed by atoms with van der Waals surface area (Å²) in [4.78, 5) is 12.7. The number of hydrogen-bond donors (Lipinski definition) is 1. The smallest absolute Gasteiger partial charge is 0.168 e. The number of Topliss-reactive ketones (excluding diaryl/α,β-unsaturated/α-hetero) is 1. The predicted octanol–water partition coefficient (Wildman–Crippen LogP) is 2.57. The number of nitrogen functional groups attached to an aromatic ring is 1. The lowest BCUT2D eigenvalue weighted by Crippen LogP contribution is -2.46. The van der Waals surface area contributed by atoms with Crippen LogP contribution in [0.3, 0.4) is 0 Å². The molecule has 3 rings (SSSR count). The number of rotatable bonds is 2. The van der Waals surface area contributed by atoms with Crippen LogP contribution in [0.1, 0.15) is 36.0 Å². The molecular formula is C16H20FNO3. The Labute approximate surface area is 123 Å². The Morgan fingerprint density at radius 3 is 2.81 bits per heavy atom. The van der Waals surface area contributed by atoms with Crippen molar-refractivity contribution in [2.24, 2.45) is 5.92 Å². The van der Waals surface area contributed by atoms with Gasteiger partial charge in [0.1, 0.15) is 5.82 Å². The van der Waals surface area contributed by atoms with Gasteiger partial charge in [0.05, 0.1) is 5.60 Å². The molecule has 1 atom stereocenters. The number of anilines is 1. The molecule has 0 saturated carbocycles. The zero-order valence-corrected chi connectivity index (χ0v) is 11.9. The van der Waals surface area contributed by atoms with Gasteiger partial charge in [0.15, 0.2) is 5.78 Å². The largest absolute Gasteiger partial charge is 0.398 e. The van der Waals surface area contributed by atoms with Crippen LogP contribution >= 0.6 is 0 Å². The van der Waals surface area contributed by atoms with Crippen LogP contribution in [-0.4, -0.2) is 31.2 Å². The SMILES string of the molecule is Nc1ccc(F)cc1C(=O)C1CCOC2(CCOCC2)C1. The number of ether oxygens (including phenoxy) is 2. The zero-order valence-electron chi connectivity index (χ0n) is 11.9. The minimum Gasteiger partial charge on any atom is -0.398 e. The molecule has 5 heteroatoms. The van der Waals surface area contributed by atoms with Crippen molar-refractivity contribution in [3.05, 3.63) is 29.6 Å². The van der Waals surface area contributed by atoms with Crippen molar-refractivity contribution in [2.75, 3.05) is 25.6 Å². The van der Waals surface area contributed by atoms with Gasteiger partial charge in [-0.1, -0.05) is 0 Å². The lowest BCUT2D eigenvalue weighted by molar-refractivity contribution is -0.142. The lowest BCUT2D eigenvalue weighted by atomic mass is 9.78.